The summed E-state index contributed by atoms with van der Waals surface area (Å²) in [6.07, 6.45) is -0.653. The van der Waals surface area contributed by atoms with Crippen molar-refractivity contribution < 1.29 is 13.2 Å². The van der Waals surface area contributed by atoms with Gasteiger partial charge < -0.3 is 5.32 Å². The van der Waals surface area contributed by atoms with E-state index in [2.05, 4.69) is 30.2 Å². The molecule has 0 bridgehead atoms. The van der Waals surface area contributed by atoms with Gasteiger partial charge in [-0.1, -0.05) is 11.6 Å². The second-order valence-corrected chi connectivity index (χ2v) is 6.77. The Hall–Kier alpha value is -2.85. The van der Waals surface area contributed by atoms with Crippen LogP contribution >= 0.6 is 22.9 Å². The highest BCUT2D eigenvalue weighted by atomic mass is 35.5. The third kappa shape index (κ3) is 3.53. The van der Waals surface area contributed by atoms with Gasteiger partial charge in [0.25, 0.3) is 0 Å². The maximum absolute atomic E-state index is 12.6. The lowest BCUT2D eigenvalue weighted by Crippen LogP contribution is -2.06. The predicted molar refractivity (Wildman–Crippen MR) is 96.0 cm³/mol. The van der Waals surface area contributed by atoms with E-state index in [0.29, 0.717) is 32.6 Å². The lowest BCUT2D eigenvalue weighted by atomic mass is 10.2. The molecule has 0 aliphatic rings. The van der Waals surface area contributed by atoms with Crippen LogP contribution in [0.2, 0.25) is 4.34 Å². The number of thiazole rings is 1. The Balaban J connectivity index is 1.67. The van der Waals surface area contributed by atoms with Crippen molar-refractivity contribution in [2.45, 2.75) is 6.18 Å². The van der Waals surface area contributed by atoms with Crippen molar-refractivity contribution in [3.63, 3.8) is 0 Å². The molecule has 0 aliphatic carbocycles. The van der Waals surface area contributed by atoms with Crippen LogP contribution in [0.25, 0.3) is 22.6 Å². The molecule has 4 aromatic rings. The first kappa shape index (κ1) is 17.6. The minimum atomic E-state index is -4.44. The molecule has 0 aliphatic heterocycles. The van der Waals surface area contributed by atoms with Gasteiger partial charge >= 0.3 is 6.18 Å². The monoisotopic (exact) mass is 408 g/mol. The van der Waals surface area contributed by atoms with Crippen LogP contribution in [0.4, 0.5) is 24.7 Å². The first-order valence-corrected chi connectivity index (χ1v) is 8.69. The summed E-state index contributed by atoms with van der Waals surface area (Å²) in [5.41, 5.74) is 3.06. The molecule has 4 heterocycles. The van der Waals surface area contributed by atoms with Crippen molar-refractivity contribution in [3.05, 3.63) is 52.2 Å². The highest BCUT2D eigenvalue weighted by Crippen LogP contribution is 2.31. The maximum atomic E-state index is 12.6. The zero-order valence-corrected chi connectivity index (χ0v) is 14.8. The Morgan fingerprint density at radius 2 is 1.85 bits per heavy atom. The van der Waals surface area contributed by atoms with Crippen molar-refractivity contribution in [1.82, 2.24) is 24.9 Å². The Morgan fingerprint density at radius 3 is 2.52 bits per heavy atom. The van der Waals surface area contributed by atoms with Gasteiger partial charge in [-0.2, -0.15) is 13.2 Å². The SMILES string of the molecule is FC(F)(F)c1ccc(Nc2ccnc3nc(-c4ncsc4Cl)cnc23)nc1. The fraction of sp³-hybridized carbons (Fsp3) is 0.0625. The molecular weight excluding hydrogens is 401 g/mol. The van der Waals surface area contributed by atoms with Gasteiger partial charge in [-0.3, -0.25) is 0 Å². The van der Waals surface area contributed by atoms with E-state index in [1.807, 2.05) is 0 Å². The van der Waals surface area contributed by atoms with Crippen LogP contribution in [0.15, 0.2) is 42.3 Å². The highest BCUT2D eigenvalue weighted by molar-refractivity contribution is 7.14. The molecule has 4 rings (SSSR count). The standard InChI is InChI=1S/C16H8ClF3N6S/c17-14-12(24-7-27-14)10-6-23-13-9(3-4-21-15(13)26-10)25-11-2-1-8(5-22-11)16(18,19)20/h1-7H,(H,21,22,25,26). The first-order chi connectivity index (χ1) is 12.9. The number of alkyl halides is 3. The van der Waals surface area contributed by atoms with E-state index in [9.17, 15) is 13.2 Å². The Morgan fingerprint density at radius 1 is 1.00 bits per heavy atom. The molecule has 0 saturated carbocycles. The van der Waals surface area contributed by atoms with Crippen LogP contribution < -0.4 is 5.32 Å². The second-order valence-electron chi connectivity index (χ2n) is 5.32. The molecular formula is C16H8ClF3N6S. The number of rotatable bonds is 3. The average molecular weight is 409 g/mol. The summed E-state index contributed by atoms with van der Waals surface area (Å²) in [6, 6.07) is 3.82. The zero-order valence-electron chi connectivity index (χ0n) is 13.2. The van der Waals surface area contributed by atoms with Gasteiger partial charge in [0.05, 0.1) is 23.0 Å². The average Bonchev–Trinajstić information content (AvgIpc) is 3.07. The molecule has 0 aromatic carbocycles. The minimum absolute atomic E-state index is 0.240. The predicted octanol–water partition coefficient (Wildman–Crippen LogP) is 4.96. The molecule has 0 amide bonds. The van der Waals surface area contributed by atoms with Gasteiger partial charge in [0.1, 0.15) is 27.1 Å². The van der Waals surface area contributed by atoms with Gasteiger partial charge in [0.15, 0.2) is 5.65 Å². The van der Waals surface area contributed by atoms with Crippen LogP contribution in [-0.4, -0.2) is 24.9 Å². The minimum Gasteiger partial charge on any atom is -0.338 e. The summed E-state index contributed by atoms with van der Waals surface area (Å²) < 4.78 is 38.4. The number of nitrogens with one attached hydrogen (secondary N) is 1. The molecule has 27 heavy (non-hydrogen) atoms. The maximum Gasteiger partial charge on any atom is 0.417 e. The van der Waals surface area contributed by atoms with Crippen molar-refractivity contribution in [2.24, 2.45) is 0 Å². The van der Waals surface area contributed by atoms with Gasteiger partial charge in [-0.15, -0.1) is 11.3 Å². The first-order valence-electron chi connectivity index (χ1n) is 7.43. The van der Waals surface area contributed by atoms with Gasteiger partial charge in [-0.05, 0) is 18.2 Å². The number of aromatic nitrogens is 5. The largest absolute Gasteiger partial charge is 0.417 e. The third-order valence-electron chi connectivity index (χ3n) is 3.57. The van der Waals surface area contributed by atoms with E-state index in [-0.39, 0.29) is 5.82 Å². The molecule has 0 spiro atoms. The number of fused-ring (bicyclic) bond motifs is 1. The normalized spacial score (nSPS) is 11.7. The molecule has 4 aromatic heterocycles. The summed E-state index contributed by atoms with van der Waals surface area (Å²) in [4.78, 5) is 20.9. The van der Waals surface area contributed by atoms with Crippen molar-refractivity contribution in [2.75, 3.05) is 5.32 Å². The summed E-state index contributed by atoms with van der Waals surface area (Å²) in [7, 11) is 0. The van der Waals surface area contributed by atoms with Crippen LogP contribution in [0.1, 0.15) is 5.56 Å². The molecule has 1 N–H and O–H groups in total. The molecule has 0 fully saturated rings. The van der Waals surface area contributed by atoms with Gasteiger partial charge in [0, 0.05) is 12.4 Å². The smallest absolute Gasteiger partial charge is 0.338 e. The summed E-state index contributed by atoms with van der Waals surface area (Å²) in [5, 5.41) is 2.93. The molecule has 11 heteroatoms. The van der Waals surface area contributed by atoms with E-state index >= 15 is 0 Å². The number of hydrogen-bond acceptors (Lipinski definition) is 7. The van der Waals surface area contributed by atoms with Crippen molar-refractivity contribution >= 4 is 45.6 Å². The van der Waals surface area contributed by atoms with Crippen LogP contribution in [0.3, 0.4) is 0 Å². The lowest BCUT2D eigenvalue weighted by molar-refractivity contribution is -0.137. The third-order valence-corrected chi connectivity index (χ3v) is 4.62. The number of nitrogens with zero attached hydrogens (tertiary/aromatic N) is 5. The molecule has 6 nitrogen and oxygen atoms in total. The highest BCUT2D eigenvalue weighted by Gasteiger charge is 2.30. The van der Waals surface area contributed by atoms with Crippen LogP contribution in [0, 0.1) is 0 Å². The lowest BCUT2D eigenvalue weighted by Gasteiger charge is -2.10. The quantitative estimate of drug-likeness (QED) is 0.516. The summed E-state index contributed by atoms with van der Waals surface area (Å²) in [5.74, 6) is 0.240. The number of hydrogen-bond donors (Lipinski definition) is 1. The number of anilines is 2. The fourth-order valence-electron chi connectivity index (χ4n) is 2.31. The number of halogens is 4. The van der Waals surface area contributed by atoms with Crippen LogP contribution in [-0.2, 0) is 6.18 Å². The van der Waals surface area contributed by atoms with Crippen LogP contribution in [0.5, 0.6) is 0 Å². The Bertz CT molecular complexity index is 1110. The molecule has 0 radical (unpaired) electrons. The van der Waals surface area contributed by atoms with E-state index in [1.165, 1.54) is 29.8 Å². The summed E-state index contributed by atoms with van der Waals surface area (Å²) in [6.45, 7) is 0. The van der Waals surface area contributed by atoms with Crippen molar-refractivity contribution in [1.29, 1.82) is 0 Å². The van der Waals surface area contributed by atoms with Gasteiger partial charge in [0.2, 0.25) is 0 Å². The Labute approximate surface area is 159 Å². The molecule has 136 valence electrons. The van der Waals surface area contributed by atoms with Crippen molar-refractivity contribution in [3.8, 4) is 11.4 Å². The van der Waals surface area contributed by atoms with E-state index in [4.69, 9.17) is 11.6 Å². The summed E-state index contributed by atoms with van der Waals surface area (Å²) >= 11 is 7.35. The second kappa shape index (κ2) is 6.71. The fourth-order valence-corrected chi connectivity index (χ4v) is 3.09. The molecule has 0 saturated heterocycles. The van der Waals surface area contributed by atoms with Gasteiger partial charge in [-0.25, -0.2) is 24.9 Å². The molecule has 0 atom stereocenters. The topological polar surface area (TPSA) is 76.5 Å². The van der Waals surface area contributed by atoms with E-state index in [1.54, 1.807) is 11.6 Å². The van der Waals surface area contributed by atoms with E-state index in [0.717, 1.165) is 12.3 Å². The molecule has 0 unspecified atom stereocenters. The van der Waals surface area contributed by atoms with E-state index < -0.39 is 11.7 Å². The Kier molecular flexibility index (Phi) is 4.36. The zero-order chi connectivity index (χ0) is 19.0. The number of pyridine rings is 2.